The van der Waals surface area contributed by atoms with Crippen molar-refractivity contribution in [2.45, 2.75) is 44.6 Å². The second-order valence-corrected chi connectivity index (χ2v) is 3.95. The van der Waals surface area contributed by atoms with Crippen molar-refractivity contribution in [1.82, 2.24) is 9.78 Å². The van der Waals surface area contributed by atoms with Gasteiger partial charge in [-0.1, -0.05) is 19.3 Å². The van der Waals surface area contributed by atoms with Crippen LogP contribution in [0.15, 0.2) is 12.3 Å². The molecule has 1 aliphatic carbocycles. The van der Waals surface area contributed by atoms with Gasteiger partial charge in [0.15, 0.2) is 0 Å². The fourth-order valence-electron chi connectivity index (χ4n) is 2.12. The molecule has 76 valence electrons. The Morgan fingerprint density at radius 1 is 1.43 bits per heavy atom. The lowest BCUT2D eigenvalue weighted by Crippen LogP contribution is -2.13. The second kappa shape index (κ2) is 4.40. The van der Waals surface area contributed by atoms with E-state index in [-0.39, 0.29) is 0 Å². The SMILES string of the molecule is O=CCc1ccn(C2CCCCC2)n1. The molecule has 0 spiro atoms. The number of nitrogens with zero attached hydrogens (tertiary/aromatic N) is 2. The second-order valence-electron chi connectivity index (χ2n) is 3.95. The zero-order chi connectivity index (χ0) is 9.80. The Bertz CT molecular complexity index is 300. The normalized spacial score (nSPS) is 18.3. The van der Waals surface area contributed by atoms with E-state index in [4.69, 9.17) is 0 Å². The summed E-state index contributed by atoms with van der Waals surface area (Å²) >= 11 is 0. The number of carbonyl (C=O) groups is 1. The van der Waals surface area contributed by atoms with Crippen LogP contribution in [0.25, 0.3) is 0 Å². The van der Waals surface area contributed by atoms with E-state index in [2.05, 4.69) is 5.10 Å². The van der Waals surface area contributed by atoms with Crippen LogP contribution in [0.2, 0.25) is 0 Å². The topological polar surface area (TPSA) is 34.9 Å². The van der Waals surface area contributed by atoms with E-state index in [0.29, 0.717) is 12.5 Å². The van der Waals surface area contributed by atoms with Gasteiger partial charge in [0, 0.05) is 12.6 Å². The lowest BCUT2D eigenvalue weighted by Gasteiger charge is -2.21. The molecule has 0 N–H and O–H groups in total. The Kier molecular flexibility index (Phi) is 2.96. The Hall–Kier alpha value is -1.12. The minimum Gasteiger partial charge on any atom is -0.303 e. The fraction of sp³-hybridized carbons (Fsp3) is 0.636. The highest BCUT2D eigenvalue weighted by molar-refractivity contribution is 5.53. The molecule has 0 aromatic carbocycles. The molecule has 1 heterocycles. The molecule has 1 saturated carbocycles. The van der Waals surface area contributed by atoms with Gasteiger partial charge >= 0.3 is 0 Å². The van der Waals surface area contributed by atoms with Crippen molar-refractivity contribution in [3.63, 3.8) is 0 Å². The molecule has 3 heteroatoms. The van der Waals surface area contributed by atoms with Gasteiger partial charge in [-0.3, -0.25) is 4.68 Å². The standard InChI is InChI=1S/C11H16N2O/c14-9-7-10-6-8-13(12-10)11-4-2-1-3-5-11/h6,8-9,11H,1-5,7H2. The molecule has 0 bridgehead atoms. The summed E-state index contributed by atoms with van der Waals surface area (Å²) < 4.78 is 2.04. The van der Waals surface area contributed by atoms with E-state index in [9.17, 15) is 4.79 Å². The first kappa shape index (κ1) is 9.44. The summed E-state index contributed by atoms with van der Waals surface area (Å²) in [4.78, 5) is 10.3. The van der Waals surface area contributed by atoms with Crippen LogP contribution in [0.1, 0.15) is 43.8 Å². The third-order valence-corrected chi connectivity index (χ3v) is 2.90. The molecule has 14 heavy (non-hydrogen) atoms. The first-order valence-electron chi connectivity index (χ1n) is 5.38. The van der Waals surface area contributed by atoms with Crippen LogP contribution < -0.4 is 0 Å². The van der Waals surface area contributed by atoms with E-state index >= 15 is 0 Å². The van der Waals surface area contributed by atoms with E-state index in [1.165, 1.54) is 32.1 Å². The van der Waals surface area contributed by atoms with Crippen molar-refractivity contribution in [1.29, 1.82) is 0 Å². The number of rotatable bonds is 3. The van der Waals surface area contributed by atoms with Crippen molar-refractivity contribution in [2.24, 2.45) is 0 Å². The molecule has 0 unspecified atom stereocenters. The van der Waals surface area contributed by atoms with E-state index in [0.717, 1.165) is 12.0 Å². The molecule has 0 atom stereocenters. The quantitative estimate of drug-likeness (QED) is 0.688. The number of hydrogen-bond donors (Lipinski definition) is 0. The minimum absolute atomic E-state index is 0.444. The van der Waals surface area contributed by atoms with Gasteiger partial charge in [0.1, 0.15) is 6.29 Å². The van der Waals surface area contributed by atoms with Crippen molar-refractivity contribution in [3.05, 3.63) is 18.0 Å². The molecular weight excluding hydrogens is 176 g/mol. The lowest BCUT2D eigenvalue weighted by molar-refractivity contribution is -0.107. The summed E-state index contributed by atoms with van der Waals surface area (Å²) in [6.45, 7) is 0. The van der Waals surface area contributed by atoms with Gasteiger partial charge in [-0.25, -0.2) is 0 Å². The van der Waals surface area contributed by atoms with Crippen molar-refractivity contribution in [3.8, 4) is 0 Å². The molecule has 0 aliphatic heterocycles. The molecular formula is C11H16N2O. The summed E-state index contributed by atoms with van der Waals surface area (Å²) in [5.74, 6) is 0. The maximum Gasteiger partial charge on any atom is 0.126 e. The number of hydrogen-bond acceptors (Lipinski definition) is 2. The van der Waals surface area contributed by atoms with Gasteiger partial charge in [0.05, 0.1) is 11.7 Å². The van der Waals surface area contributed by atoms with Crippen molar-refractivity contribution < 1.29 is 4.79 Å². The van der Waals surface area contributed by atoms with E-state index in [1.54, 1.807) is 0 Å². The average molecular weight is 192 g/mol. The van der Waals surface area contributed by atoms with Gasteiger partial charge in [-0.05, 0) is 18.9 Å². The van der Waals surface area contributed by atoms with Gasteiger partial charge in [0.2, 0.25) is 0 Å². The van der Waals surface area contributed by atoms with Crippen LogP contribution in [0.3, 0.4) is 0 Å². The zero-order valence-electron chi connectivity index (χ0n) is 8.35. The predicted octanol–water partition coefficient (Wildman–Crippen LogP) is 2.13. The molecule has 0 radical (unpaired) electrons. The third kappa shape index (κ3) is 2.03. The molecule has 1 aromatic heterocycles. The number of carbonyl (C=O) groups excluding carboxylic acids is 1. The largest absolute Gasteiger partial charge is 0.303 e. The predicted molar refractivity (Wildman–Crippen MR) is 54.1 cm³/mol. The van der Waals surface area contributed by atoms with Gasteiger partial charge < -0.3 is 4.79 Å². The zero-order valence-corrected chi connectivity index (χ0v) is 8.35. The van der Waals surface area contributed by atoms with Crippen molar-refractivity contribution in [2.75, 3.05) is 0 Å². The molecule has 1 fully saturated rings. The molecule has 1 aliphatic rings. The summed E-state index contributed by atoms with van der Waals surface area (Å²) in [5.41, 5.74) is 0.894. The maximum atomic E-state index is 10.3. The molecule has 0 saturated heterocycles. The van der Waals surface area contributed by atoms with Gasteiger partial charge in [0.25, 0.3) is 0 Å². The Balaban J connectivity index is 2.03. The van der Waals surface area contributed by atoms with E-state index in [1.807, 2.05) is 16.9 Å². The highest BCUT2D eigenvalue weighted by atomic mass is 16.1. The first-order chi connectivity index (χ1) is 6.90. The smallest absolute Gasteiger partial charge is 0.126 e. The average Bonchev–Trinajstić information content (AvgIpc) is 2.68. The van der Waals surface area contributed by atoms with Crippen LogP contribution in [-0.2, 0) is 11.2 Å². The number of aromatic nitrogens is 2. The monoisotopic (exact) mass is 192 g/mol. The van der Waals surface area contributed by atoms with Crippen LogP contribution >= 0.6 is 0 Å². The molecule has 0 amide bonds. The Morgan fingerprint density at radius 3 is 2.93 bits per heavy atom. The van der Waals surface area contributed by atoms with Crippen LogP contribution in [0, 0.1) is 0 Å². The summed E-state index contributed by atoms with van der Waals surface area (Å²) in [5, 5.41) is 4.41. The van der Waals surface area contributed by atoms with Crippen LogP contribution in [-0.4, -0.2) is 16.1 Å². The lowest BCUT2D eigenvalue weighted by atomic mass is 9.96. The van der Waals surface area contributed by atoms with Crippen molar-refractivity contribution >= 4 is 6.29 Å². The third-order valence-electron chi connectivity index (χ3n) is 2.90. The molecule has 3 nitrogen and oxygen atoms in total. The highest BCUT2D eigenvalue weighted by Crippen LogP contribution is 2.27. The summed E-state index contributed by atoms with van der Waals surface area (Å²) in [6.07, 6.45) is 9.83. The van der Waals surface area contributed by atoms with Crippen LogP contribution in [0.4, 0.5) is 0 Å². The summed E-state index contributed by atoms with van der Waals surface area (Å²) in [7, 11) is 0. The van der Waals surface area contributed by atoms with Gasteiger partial charge in [-0.15, -0.1) is 0 Å². The Labute approximate surface area is 84.1 Å². The highest BCUT2D eigenvalue weighted by Gasteiger charge is 2.15. The summed E-state index contributed by atoms with van der Waals surface area (Å²) in [6, 6.07) is 2.52. The fourth-order valence-corrected chi connectivity index (χ4v) is 2.12. The minimum atomic E-state index is 0.444. The van der Waals surface area contributed by atoms with Crippen LogP contribution in [0.5, 0.6) is 0 Å². The van der Waals surface area contributed by atoms with Gasteiger partial charge in [-0.2, -0.15) is 5.10 Å². The number of aldehydes is 1. The Morgan fingerprint density at radius 2 is 2.21 bits per heavy atom. The molecule has 1 aromatic rings. The first-order valence-corrected chi connectivity index (χ1v) is 5.38. The van der Waals surface area contributed by atoms with E-state index < -0.39 is 0 Å². The molecule has 2 rings (SSSR count). The maximum absolute atomic E-state index is 10.3.